The minimum atomic E-state index is -4.69. The summed E-state index contributed by atoms with van der Waals surface area (Å²) in [5.41, 5.74) is 1.32. The van der Waals surface area contributed by atoms with E-state index >= 15 is 0 Å². The van der Waals surface area contributed by atoms with E-state index in [9.17, 15) is 13.2 Å². The lowest BCUT2D eigenvalue weighted by atomic mass is 10.2. The summed E-state index contributed by atoms with van der Waals surface area (Å²) in [7, 11) is 0. The zero-order chi connectivity index (χ0) is 14.2. The second-order valence-corrected chi connectivity index (χ2v) is 4.02. The van der Waals surface area contributed by atoms with Crippen LogP contribution in [-0.2, 0) is 0 Å². The van der Waals surface area contributed by atoms with Crippen LogP contribution in [0, 0.1) is 0 Å². The first-order valence-corrected chi connectivity index (χ1v) is 5.69. The minimum Gasteiger partial charge on any atom is -0.406 e. The Balaban J connectivity index is 1.95. The number of rotatable bonds is 2. The van der Waals surface area contributed by atoms with Gasteiger partial charge in [0, 0.05) is 11.8 Å². The molecule has 3 aromatic rings. The largest absolute Gasteiger partial charge is 0.573 e. The van der Waals surface area contributed by atoms with Gasteiger partial charge in [0.25, 0.3) is 0 Å². The molecule has 20 heavy (non-hydrogen) atoms. The van der Waals surface area contributed by atoms with Gasteiger partial charge in [0.1, 0.15) is 5.75 Å². The van der Waals surface area contributed by atoms with Crippen LogP contribution in [-0.4, -0.2) is 21.0 Å². The lowest BCUT2D eigenvalue weighted by molar-refractivity contribution is -0.274. The van der Waals surface area contributed by atoms with E-state index < -0.39 is 6.36 Å². The molecule has 4 nitrogen and oxygen atoms in total. The number of aromatic nitrogens is 3. The van der Waals surface area contributed by atoms with Crippen LogP contribution in [0.5, 0.6) is 5.75 Å². The van der Waals surface area contributed by atoms with Crippen LogP contribution in [0.2, 0.25) is 0 Å². The van der Waals surface area contributed by atoms with E-state index in [0.29, 0.717) is 17.0 Å². The molecule has 1 aromatic carbocycles. The SMILES string of the molecule is FC(F)(F)Oc1ccc(-c2nnc3ccccn23)cc1. The van der Waals surface area contributed by atoms with E-state index in [1.807, 2.05) is 12.1 Å². The summed E-state index contributed by atoms with van der Waals surface area (Å²) in [6.07, 6.45) is -2.91. The van der Waals surface area contributed by atoms with Gasteiger partial charge in [-0.1, -0.05) is 6.07 Å². The van der Waals surface area contributed by atoms with Crippen molar-refractivity contribution in [3.8, 4) is 17.1 Å². The molecule has 0 saturated heterocycles. The lowest BCUT2D eigenvalue weighted by Crippen LogP contribution is -2.16. The fraction of sp³-hybridized carbons (Fsp3) is 0.0769. The number of halogens is 3. The molecule has 0 aliphatic heterocycles. The molecule has 0 bridgehead atoms. The number of pyridine rings is 1. The molecule has 0 fully saturated rings. The highest BCUT2D eigenvalue weighted by molar-refractivity contribution is 5.60. The maximum absolute atomic E-state index is 12.1. The molecule has 0 saturated carbocycles. The van der Waals surface area contributed by atoms with E-state index in [1.165, 1.54) is 24.3 Å². The Kier molecular flexibility index (Phi) is 2.81. The van der Waals surface area contributed by atoms with Crippen LogP contribution < -0.4 is 4.74 Å². The van der Waals surface area contributed by atoms with Gasteiger partial charge in [-0.25, -0.2) is 0 Å². The molecule has 0 aliphatic carbocycles. The number of hydrogen-bond acceptors (Lipinski definition) is 3. The summed E-state index contributed by atoms with van der Waals surface area (Å²) in [5.74, 6) is 0.286. The predicted molar refractivity (Wildman–Crippen MR) is 65.1 cm³/mol. The quantitative estimate of drug-likeness (QED) is 0.722. The van der Waals surface area contributed by atoms with Gasteiger partial charge < -0.3 is 4.74 Å². The van der Waals surface area contributed by atoms with Crippen LogP contribution in [0.15, 0.2) is 48.7 Å². The van der Waals surface area contributed by atoms with Crippen LogP contribution in [0.4, 0.5) is 13.2 Å². The zero-order valence-electron chi connectivity index (χ0n) is 10.0. The highest BCUT2D eigenvalue weighted by Crippen LogP contribution is 2.25. The van der Waals surface area contributed by atoms with Crippen molar-refractivity contribution in [2.45, 2.75) is 6.36 Å². The number of ether oxygens (including phenoxy) is 1. The van der Waals surface area contributed by atoms with E-state index in [4.69, 9.17) is 0 Å². The number of alkyl halides is 3. The molecule has 7 heteroatoms. The Labute approximate surface area is 111 Å². The smallest absolute Gasteiger partial charge is 0.406 e. The molecule has 0 amide bonds. The standard InChI is InChI=1S/C13H8F3N3O/c14-13(15,16)20-10-6-4-9(5-7-10)12-18-17-11-3-1-2-8-19(11)12/h1-8H. The molecule has 0 radical (unpaired) electrons. The van der Waals surface area contributed by atoms with Gasteiger partial charge in [0.2, 0.25) is 0 Å². The van der Waals surface area contributed by atoms with Crippen molar-refractivity contribution >= 4 is 5.65 Å². The van der Waals surface area contributed by atoms with Crippen LogP contribution >= 0.6 is 0 Å². The normalized spacial score (nSPS) is 11.8. The van der Waals surface area contributed by atoms with E-state index in [0.717, 1.165) is 0 Å². The number of hydrogen-bond donors (Lipinski definition) is 0. The Morgan fingerprint density at radius 1 is 0.950 bits per heavy atom. The molecule has 0 N–H and O–H groups in total. The molecule has 0 spiro atoms. The van der Waals surface area contributed by atoms with Crippen molar-refractivity contribution in [3.05, 3.63) is 48.7 Å². The van der Waals surface area contributed by atoms with Gasteiger partial charge in [-0.05, 0) is 36.4 Å². The molecule has 0 atom stereocenters. The van der Waals surface area contributed by atoms with Crippen LogP contribution in [0.3, 0.4) is 0 Å². The third-order valence-electron chi connectivity index (χ3n) is 2.66. The molecule has 2 aromatic heterocycles. The van der Waals surface area contributed by atoms with Gasteiger partial charge in [-0.15, -0.1) is 23.4 Å². The second-order valence-electron chi connectivity index (χ2n) is 4.02. The van der Waals surface area contributed by atoms with Crippen LogP contribution in [0.25, 0.3) is 17.0 Å². The molecular formula is C13H8F3N3O. The first-order valence-electron chi connectivity index (χ1n) is 5.69. The molecular weight excluding hydrogens is 271 g/mol. The monoisotopic (exact) mass is 279 g/mol. The zero-order valence-corrected chi connectivity index (χ0v) is 10.0. The summed E-state index contributed by atoms with van der Waals surface area (Å²) >= 11 is 0. The van der Waals surface area contributed by atoms with Gasteiger partial charge in [0.05, 0.1) is 0 Å². The number of benzene rings is 1. The van der Waals surface area contributed by atoms with Crippen molar-refractivity contribution in [3.63, 3.8) is 0 Å². The Bertz CT molecular complexity index is 734. The van der Waals surface area contributed by atoms with E-state index in [-0.39, 0.29) is 5.75 Å². The highest BCUT2D eigenvalue weighted by atomic mass is 19.4. The Hall–Kier alpha value is -2.57. The third-order valence-corrected chi connectivity index (χ3v) is 2.66. The number of nitrogens with zero attached hydrogens (tertiary/aromatic N) is 3. The summed E-state index contributed by atoms with van der Waals surface area (Å²) in [4.78, 5) is 0. The van der Waals surface area contributed by atoms with Crippen molar-refractivity contribution in [2.75, 3.05) is 0 Å². The lowest BCUT2D eigenvalue weighted by Gasteiger charge is -2.08. The first kappa shape index (κ1) is 12.5. The fourth-order valence-corrected chi connectivity index (χ4v) is 1.84. The summed E-state index contributed by atoms with van der Waals surface area (Å²) < 4.78 is 41.8. The van der Waals surface area contributed by atoms with Crippen LogP contribution in [0.1, 0.15) is 0 Å². The van der Waals surface area contributed by atoms with E-state index in [2.05, 4.69) is 14.9 Å². The van der Waals surface area contributed by atoms with Gasteiger partial charge >= 0.3 is 6.36 Å². The maximum Gasteiger partial charge on any atom is 0.573 e. The fourth-order valence-electron chi connectivity index (χ4n) is 1.84. The first-order chi connectivity index (χ1) is 9.53. The molecule has 0 aliphatic rings. The summed E-state index contributed by atoms with van der Waals surface area (Å²) in [5, 5.41) is 8.00. The maximum atomic E-state index is 12.1. The molecule has 3 rings (SSSR count). The predicted octanol–water partition coefficient (Wildman–Crippen LogP) is 3.29. The van der Waals surface area contributed by atoms with Gasteiger partial charge in [-0.2, -0.15) is 0 Å². The Morgan fingerprint density at radius 3 is 2.40 bits per heavy atom. The minimum absolute atomic E-state index is 0.268. The summed E-state index contributed by atoms with van der Waals surface area (Å²) in [6, 6.07) is 10.9. The van der Waals surface area contributed by atoms with Gasteiger partial charge in [-0.3, -0.25) is 4.40 Å². The van der Waals surface area contributed by atoms with E-state index in [1.54, 1.807) is 16.7 Å². The molecule has 0 unspecified atom stereocenters. The topological polar surface area (TPSA) is 39.4 Å². The Morgan fingerprint density at radius 2 is 1.70 bits per heavy atom. The summed E-state index contributed by atoms with van der Waals surface area (Å²) in [6.45, 7) is 0. The number of fused-ring (bicyclic) bond motifs is 1. The highest BCUT2D eigenvalue weighted by Gasteiger charge is 2.31. The second kappa shape index (κ2) is 4.52. The van der Waals surface area contributed by atoms with Crippen molar-refractivity contribution in [1.29, 1.82) is 0 Å². The van der Waals surface area contributed by atoms with Crippen molar-refractivity contribution < 1.29 is 17.9 Å². The van der Waals surface area contributed by atoms with Gasteiger partial charge in [0.15, 0.2) is 11.5 Å². The van der Waals surface area contributed by atoms with Crippen molar-refractivity contribution in [2.24, 2.45) is 0 Å². The third kappa shape index (κ3) is 2.42. The molecule has 2 heterocycles. The molecule has 102 valence electrons. The van der Waals surface area contributed by atoms with Crippen molar-refractivity contribution in [1.82, 2.24) is 14.6 Å². The average molecular weight is 279 g/mol. The average Bonchev–Trinajstić information content (AvgIpc) is 2.82.